The molecule has 1 atom stereocenters. The highest BCUT2D eigenvalue weighted by atomic mass is 79.9. The van der Waals surface area contributed by atoms with Gasteiger partial charge in [0.2, 0.25) is 5.75 Å². The zero-order chi connectivity index (χ0) is 21.3. The van der Waals surface area contributed by atoms with Gasteiger partial charge < -0.3 is 5.11 Å². The number of nitro groups is 1. The number of benzene rings is 2. The van der Waals surface area contributed by atoms with E-state index in [2.05, 4.69) is 41.9 Å². The summed E-state index contributed by atoms with van der Waals surface area (Å²) >= 11 is 6.45. The number of aromatic hydroxyl groups is 1. The molecule has 29 heavy (non-hydrogen) atoms. The molecule has 0 bridgehead atoms. The van der Waals surface area contributed by atoms with E-state index in [1.807, 2.05) is 19.9 Å². The lowest BCUT2D eigenvalue weighted by atomic mass is 10.1. The van der Waals surface area contributed by atoms with Crippen molar-refractivity contribution in [1.82, 2.24) is 9.66 Å². The molecule has 0 spiro atoms. The van der Waals surface area contributed by atoms with Gasteiger partial charge in [0.25, 0.3) is 5.56 Å². The van der Waals surface area contributed by atoms with Crippen molar-refractivity contribution >= 4 is 54.7 Å². The van der Waals surface area contributed by atoms with E-state index in [9.17, 15) is 20.0 Å². The van der Waals surface area contributed by atoms with Gasteiger partial charge in [0.1, 0.15) is 5.82 Å². The van der Waals surface area contributed by atoms with Crippen LogP contribution in [0, 0.1) is 10.1 Å². The van der Waals surface area contributed by atoms with E-state index in [0.717, 1.165) is 10.9 Å². The van der Waals surface area contributed by atoms with Gasteiger partial charge in [-0.2, -0.15) is 9.78 Å². The topological polar surface area (TPSA) is 111 Å². The molecule has 8 nitrogen and oxygen atoms in total. The molecule has 1 N–H and O–H groups in total. The fourth-order valence-corrected chi connectivity index (χ4v) is 3.55. The highest BCUT2D eigenvalue weighted by Crippen LogP contribution is 2.34. The van der Waals surface area contributed by atoms with Gasteiger partial charge in [0, 0.05) is 22.0 Å². The minimum absolute atomic E-state index is 0.0335. The van der Waals surface area contributed by atoms with Gasteiger partial charge in [-0.15, -0.1) is 0 Å². The van der Waals surface area contributed by atoms with E-state index >= 15 is 0 Å². The molecule has 3 rings (SSSR count). The van der Waals surface area contributed by atoms with Crippen LogP contribution in [0.2, 0.25) is 0 Å². The Kier molecular flexibility index (Phi) is 6.13. The number of phenolic OH excluding ortho intramolecular Hbond substituents is 1. The highest BCUT2D eigenvalue weighted by Gasteiger charge is 2.18. The number of phenols is 1. The maximum atomic E-state index is 13.1. The highest BCUT2D eigenvalue weighted by molar-refractivity contribution is 9.10. The molecular weight excluding hydrogens is 508 g/mol. The van der Waals surface area contributed by atoms with Gasteiger partial charge in [0.15, 0.2) is 0 Å². The first-order chi connectivity index (χ1) is 13.7. The van der Waals surface area contributed by atoms with Crippen LogP contribution in [0.15, 0.2) is 49.2 Å². The smallest absolute Gasteiger partial charge is 0.312 e. The van der Waals surface area contributed by atoms with Crippen LogP contribution in [0.25, 0.3) is 10.9 Å². The minimum Gasteiger partial charge on any atom is -0.501 e. The maximum absolute atomic E-state index is 13.1. The molecule has 0 aliphatic carbocycles. The molecule has 0 aliphatic rings. The molecule has 2 aromatic carbocycles. The Morgan fingerprint density at radius 2 is 2.07 bits per heavy atom. The van der Waals surface area contributed by atoms with Gasteiger partial charge in [0.05, 0.1) is 26.5 Å². The lowest BCUT2D eigenvalue weighted by Crippen LogP contribution is -2.23. The molecule has 0 amide bonds. The molecule has 0 aliphatic heterocycles. The summed E-state index contributed by atoms with van der Waals surface area (Å²) < 4.78 is 2.12. The van der Waals surface area contributed by atoms with Crippen LogP contribution in [0.4, 0.5) is 5.69 Å². The Labute approximate surface area is 182 Å². The number of hydrogen-bond acceptors (Lipinski definition) is 6. The van der Waals surface area contributed by atoms with Crippen molar-refractivity contribution in [3.8, 4) is 5.75 Å². The van der Waals surface area contributed by atoms with Gasteiger partial charge in [-0.25, -0.2) is 4.98 Å². The van der Waals surface area contributed by atoms with Crippen LogP contribution in [0.1, 0.15) is 37.6 Å². The molecule has 0 radical (unpaired) electrons. The van der Waals surface area contributed by atoms with Gasteiger partial charge in [-0.1, -0.05) is 29.8 Å². The van der Waals surface area contributed by atoms with Crippen molar-refractivity contribution in [2.24, 2.45) is 5.10 Å². The molecule has 0 saturated carbocycles. The molecule has 1 heterocycles. The zero-order valence-electron chi connectivity index (χ0n) is 15.5. The Morgan fingerprint density at radius 3 is 2.72 bits per heavy atom. The lowest BCUT2D eigenvalue weighted by molar-refractivity contribution is -0.386. The van der Waals surface area contributed by atoms with Crippen molar-refractivity contribution in [2.45, 2.75) is 26.2 Å². The third kappa shape index (κ3) is 4.23. The molecule has 0 fully saturated rings. The van der Waals surface area contributed by atoms with Crippen molar-refractivity contribution < 1.29 is 10.0 Å². The molecule has 3 aromatic rings. The van der Waals surface area contributed by atoms with E-state index in [-0.39, 0.29) is 15.9 Å². The largest absolute Gasteiger partial charge is 0.501 e. The van der Waals surface area contributed by atoms with Crippen LogP contribution in [-0.2, 0) is 0 Å². The summed E-state index contributed by atoms with van der Waals surface area (Å²) in [6.45, 7) is 3.93. The monoisotopic (exact) mass is 522 g/mol. The summed E-state index contributed by atoms with van der Waals surface area (Å²) in [5, 5.41) is 25.6. The van der Waals surface area contributed by atoms with Crippen LogP contribution < -0.4 is 5.56 Å². The number of halogens is 2. The Hall–Kier alpha value is -2.59. The fourth-order valence-electron chi connectivity index (χ4n) is 2.72. The molecule has 10 heteroatoms. The zero-order valence-corrected chi connectivity index (χ0v) is 18.6. The van der Waals surface area contributed by atoms with Crippen molar-refractivity contribution in [3.63, 3.8) is 0 Å². The number of aromatic nitrogens is 2. The number of hydrogen-bond donors (Lipinski definition) is 1. The molecule has 1 aromatic heterocycles. The van der Waals surface area contributed by atoms with Gasteiger partial charge >= 0.3 is 5.69 Å². The lowest BCUT2D eigenvalue weighted by Gasteiger charge is -2.14. The number of nitro benzene ring substituents is 1. The number of nitrogens with zero attached hydrogens (tertiary/aromatic N) is 4. The van der Waals surface area contributed by atoms with Gasteiger partial charge in [-0.05, 0) is 46.6 Å². The van der Waals surface area contributed by atoms with Crippen LogP contribution in [-0.4, -0.2) is 25.9 Å². The molecule has 0 saturated heterocycles. The SMILES string of the molecule is CC[C@H](C)c1nc2ccc(Br)cc2c(=O)n1N=Cc1cc(Br)c(O)c([N+](=O)[O-])c1. The Morgan fingerprint density at radius 1 is 1.34 bits per heavy atom. The van der Waals surface area contributed by atoms with E-state index in [1.165, 1.54) is 23.0 Å². The van der Waals surface area contributed by atoms with E-state index in [4.69, 9.17) is 0 Å². The van der Waals surface area contributed by atoms with Gasteiger partial charge in [-0.3, -0.25) is 14.9 Å². The molecule has 0 unspecified atom stereocenters. The summed E-state index contributed by atoms with van der Waals surface area (Å²) in [5.74, 6) is -0.00784. The Bertz CT molecular complexity index is 1210. The van der Waals surface area contributed by atoms with E-state index in [1.54, 1.807) is 12.1 Å². The first-order valence-electron chi connectivity index (χ1n) is 8.66. The first kappa shape index (κ1) is 21.1. The fraction of sp³-hybridized carbons (Fsp3) is 0.211. The third-order valence-electron chi connectivity index (χ3n) is 4.47. The molecule has 150 valence electrons. The number of rotatable bonds is 5. The second kappa shape index (κ2) is 8.42. The maximum Gasteiger partial charge on any atom is 0.312 e. The summed E-state index contributed by atoms with van der Waals surface area (Å²) in [4.78, 5) is 28.1. The first-order valence-corrected chi connectivity index (χ1v) is 10.2. The predicted octanol–water partition coefficient (Wildman–Crippen LogP) is 4.93. The minimum atomic E-state index is -0.691. The van der Waals surface area contributed by atoms with Crippen LogP contribution in [0.5, 0.6) is 5.75 Å². The second-order valence-corrected chi connectivity index (χ2v) is 8.20. The standard InChI is InChI=1S/C19H16Br2N4O4/c1-3-10(2)18-23-15-5-4-12(20)8-13(15)19(27)24(18)22-9-11-6-14(21)17(26)16(7-11)25(28)29/h4-10,26H,3H2,1-2H3/t10-/m0/s1. The number of fused-ring (bicyclic) bond motifs is 1. The quantitative estimate of drug-likeness (QED) is 0.289. The molecular formula is C19H16Br2N4O4. The Balaban J connectivity index is 2.20. The van der Waals surface area contributed by atoms with Crippen molar-refractivity contribution in [1.29, 1.82) is 0 Å². The van der Waals surface area contributed by atoms with Crippen LogP contribution in [0.3, 0.4) is 0 Å². The summed E-state index contributed by atoms with van der Waals surface area (Å²) in [6, 6.07) is 7.92. The van der Waals surface area contributed by atoms with Crippen molar-refractivity contribution in [2.75, 3.05) is 0 Å². The normalized spacial score (nSPS) is 12.6. The van der Waals surface area contributed by atoms with Crippen LogP contribution >= 0.6 is 31.9 Å². The van der Waals surface area contributed by atoms with E-state index in [0.29, 0.717) is 22.3 Å². The third-order valence-corrected chi connectivity index (χ3v) is 5.57. The second-order valence-electron chi connectivity index (χ2n) is 6.43. The average molecular weight is 524 g/mol. The average Bonchev–Trinajstić information content (AvgIpc) is 2.69. The predicted molar refractivity (Wildman–Crippen MR) is 118 cm³/mol. The van der Waals surface area contributed by atoms with E-state index < -0.39 is 16.4 Å². The summed E-state index contributed by atoms with van der Waals surface area (Å²) in [6.07, 6.45) is 2.08. The summed E-state index contributed by atoms with van der Waals surface area (Å²) in [7, 11) is 0. The summed E-state index contributed by atoms with van der Waals surface area (Å²) in [5.41, 5.74) is 0.117. The van der Waals surface area contributed by atoms with Crippen molar-refractivity contribution in [3.05, 3.63) is 71.1 Å².